The van der Waals surface area contributed by atoms with Crippen LogP contribution in [0.15, 0.2) is 72.8 Å². The Morgan fingerprint density at radius 3 is 1.28 bits per heavy atom. The van der Waals surface area contributed by atoms with Gasteiger partial charge in [-0.2, -0.15) is 0 Å². The highest BCUT2D eigenvalue weighted by molar-refractivity contribution is 6.04. The molecule has 8 heteroatoms. The first-order chi connectivity index (χ1) is 13.8. The smallest absolute Gasteiger partial charge is 0.255 e. The molecule has 29 heavy (non-hydrogen) atoms. The molecule has 0 aliphatic heterocycles. The molecule has 0 saturated heterocycles. The van der Waals surface area contributed by atoms with Gasteiger partial charge >= 0.3 is 0 Å². The van der Waals surface area contributed by atoms with Crippen LogP contribution < -0.4 is 28.3 Å². The zero-order chi connectivity index (χ0) is 21.4. The van der Waals surface area contributed by atoms with Crippen LogP contribution in [0, 0.1) is 0 Å². The van der Waals surface area contributed by atoms with Crippen molar-refractivity contribution in [3.8, 4) is 0 Å². The summed E-state index contributed by atoms with van der Waals surface area (Å²) < 4.78 is 0. The summed E-state index contributed by atoms with van der Waals surface area (Å²) in [4.78, 5) is 33.0. The number of hydrogen-bond acceptors (Lipinski definition) is 5. The molecular formula is C21H21N5O3. The van der Waals surface area contributed by atoms with Gasteiger partial charge in [-0.05, 0) is 72.8 Å². The molecule has 0 radical (unpaired) electrons. The molecule has 0 aliphatic carbocycles. The Morgan fingerprint density at radius 2 is 0.897 bits per heavy atom. The summed E-state index contributed by atoms with van der Waals surface area (Å²) in [5.74, 6) is -1.22. The first-order valence-corrected chi connectivity index (χ1v) is 8.48. The molecule has 0 fully saturated rings. The lowest BCUT2D eigenvalue weighted by Crippen LogP contribution is -2.13. The van der Waals surface area contributed by atoms with E-state index in [0.29, 0.717) is 33.8 Å². The van der Waals surface area contributed by atoms with Gasteiger partial charge in [-0.3, -0.25) is 14.4 Å². The number of nitrogen functional groups attached to an aromatic ring is 2. The van der Waals surface area contributed by atoms with Crippen LogP contribution in [-0.4, -0.2) is 17.7 Å². The normalized spacial score (nSPS) is 9.66. The summed E-state index contributed by atoms with van der Waals surface area (Å²) in [5, 5.41) is 2.77. The maximum absolute atomic E-state index is 11.8. The molecule has 3 aromatic rings. The molecule has 0 atom stereocenters. The Balaban J connectivity index is 0.000000221. The van der Waals surface area contributed by atoms with E-state index in [-0.39, 0.29) is 5.91 Å². The van der Waals surface area contributed by atoms with Crippen LogP contribution in [0.4, 0.5) is 17.1 Å². The predicted octanol–water partition coefficient (Wildman–Crippen LogP) is 1.99. The molecule has 0 unspecified atom stereocenters. The molecule has 8 nitrogen and oxygen atoms in total. The van der Waals surface area contributed by atoms with E-state index in [1.54, 1.807) is 48.5 Å². The van der Waals surface area contributed by atoms with Crippen LogP contribution >= 0.6 is 0 Å². The molecule has 148 valence electrons. The highest BCUT2D eigenvalue weighted by Gasteiger charge is 2.05. The van der Waals surface area contributed by atoms with Gasteiger partial charge in [0.05, 0.1) is 0 Å². The van der Waals surface area contributed by atoms with Gasteiger partial charge < -0.3 is 28.3 Å². The molecule has 0 heterocycles. The van der Waals surface area contributed by atoms with E-state index >= 15 is 0 Å². The third kappa shape index (κ3) is 6.40. The highest BCUT2D eigenvalue weighted by atomic mass is 16.2. The predicted molar refractivity (Wildman–Crippen MR) is 113 cm³/mol. The summed E-state index contributed by atoms with van der Waals surface area (Å²) >= 11 is 0. The molecule has 0 aliphatic rings. The van der Waals surface area contributed by atoms with E-state index < -0.39 is 11.8 Å². The Hall–Kier alpha value is -4.33. The second-order valence-corrected chi connectivity index (χ2v) is 6.00. The van der Waals surface area contributed by atoms with Crippen LogP contribution in [0.3, 0.4) is 0 Å². The van der Waals surface area contributed by atoms with Crippen LogP contribution in [0.1, 0.15) is 31.1 Å². The van der Waals surface area contributed by atoms with E-state index in [9.17, 15) is 14.4 Å². The molecule has 9 N–H and O–H groups in total. The number of hydrogen-bond donors (Lipinski definition) is 5. The quantitative estimate of drug-likeness (QED) is 0.428. The number of anilines is 3. The molecule has 3 aromatic carbocycles. The summed E-state index contributed by atoms with van der Waals surface area (Å²) in [7, 11) is 0. The first kappa shape index (κ1) is 21.0. The topological polar surface area (TPSA) is 167 Å². The van der Waals surface area contributed by atoms with E-state index in [0.717, 1.165) is 0 Å². The number of nitrogens with one attached hydrogen (secondary N) is 1. The van der Waals surface area contributed by atoms with Gasteiger partial charge in [0.2, 0.25) is 11.8 Å². The monoisotopic (exact) mass is 391 g/mol. The molecule has 0 spiro atoms. The van der Waals surface area contributed by atoms with Crippen LogP contribution in [0.2, 0.25) is 0 Å². The standard InChI is InChI=1S/C13H13N3O.C8H8N2O2/c14-10-3-1-9(2-4-10)13(17)16-12-7-5-11(15)6-8-12;9-7(11)5-1-2-6(4-3-5)8(10)12/h1-8H,14-15H2,(H,16,17);1-4H,(H2,9,11)(H2,10,12). The zero-order valence-electron chi connectivity index (χ0n) is 15.5. The minimum atomic E-state index is -0.522. The van der Waals surface area contributed by atoms with Crippen molar-refractivity contribution in [2.24, 2.45) is 11.5 Å². The van der Waals surface area contributed by atoms with E-state index in [4.69, 9.17) is 22.9 Å². The zero-order valence-corrected chi connectivity index (χ0v) is 15.5. The van der Waals surface area contributed by atoms with Crippen LogP contribution in [0.25, 0.3) is 0 Å². The SMILES string of the molecule is NC(=O)c1ccc(C(N)=O)cc1.Nc1ccc(NC(=O)c2ccc(N)cc2)cc1. The largest absolute Gasteiger partial charge is 0.399 e. The number of nitrogens with two attached hydrogens (primary N) is 4. The fourth-order valence-electron chi connectivity index (χ4n) is 2.20. The van der Waals surface area contributed by atoms with Crippen molar-refractivity contribution in [3.63, 3.8) is 0 Å². The lowest BCUT2D eigenvalue weighted by molar-refractivity contribution is 0.0988. The molecular weight excluding hydrogens is 370 g/mol. The fraction of sp³-hybridized carbons (Fsp3) is 0. The number of benzene rings is 3. The fourth-order valence-corrected chi connectivity index (χ4v) is 2.20. The Kier molecular flexibility index (Phi) is 6.92. The van der Waals surface area contributed by atoms with Gasteiger partial charge in [-0.15, -0.1) is 0 Å². The average Bonchev–Trinajstić information content (AvgIpc) is 2.70. The molecule has 0 aromatic heterocycles. The van der Waals surface area contributed by atoms with Crippen LogP contribution in [-0.2, 0) is 0 Å². The van der Waals surface area contributed by atoms with Crippen molar-refractivity contribution < 1.29 is 14.4 Å². The number of rotatable bonds is 4. The number of carbonyl (C=O) groups excluding carboxylic acids is 3. The summed E-state index contributed by atoms with van der Waals surface area (Å²) in [6.45, 7) is 0. The second kappa shape index (κ2) is 9.56. The van der Waals surface area contributed by atoms with Gasteiger partial charge in [-0.25, -0.2) is 0 Å². The van der Waals surface area contributed by atoms with Crippen LogP contribution in [0.5, 0.6) is 0 Å². The van der Waals surface area contributed by atoms with Gasteiger partial charge in [0.15, 0.2) is 0 Å². The number of primary amides is 2. The van der Waals surface area contributed by atoms with Crippen molar-refractivity contribution in [1.82, 2.24) is 0 Å². The van der Waals surface area contributed by atoms with Crippen molar-refractivity contribution >= 4 is 34.8 Å². The lowest BCUT2D eigenvalue weighted by Gasteiger charge is -2.05. The lowest BCUT2D eigenvalue weighted by atomic mass is 10.1. The Labute approximate surface area is 167 Å². The van der Waals surface area contributed by atoms with Crippen molar-refractivity contribution in [2.45, 2.75) is 0 Å². The number of amides is 3. The molecule has 3 rings (SSSR count). The number of carbonyl (C=O) groups is 3. The van der Waals surface area contributed by atoms with Gasteiger partial charge in [0.25, 0.3) is 5.91 Å². The molecule has 0 saturated carbocycles. The van der Waals surface area contributed by atoms with E-state index in [1.165, 1.54) is 24.3 Å². The highest BCUT2D eigenvalue weighted by Crippen LogP contribution is 2.13. The average molecular weight is 391 g/mol. The maximum Gasteiger partial charge on any atom is 0.255 e. The second-order valence-electron chi connectivity index (χ2n) is 6.00. The van der Waals surface area contributed by atoms with Crippen molar-refractivity contribution in [2.75, 3.05) is 16.8 Å². The van der Waals surface area contributed by atoms with E-state index in [2.05, 4.69) is 5.32 Å². The van der Waals surface area contributed by atoms with Gasteiger partial charge in [0, 0.05) is 33.8 Å². The molecule has 3 amide bonds. The van der Waals surface area contributed by atoms with Crippen molar-refractivity contribution in [3.05, 3.63) is 89.5 Å². The maximum atomic E-state index is 11.8. The molecule has 0 bridgehead atoms. The van der Waals surface area contributed by atoms with Crippen molar-refractivity contribution in [1.29, 1.82) is 0 Å². The van der Waals surface area contributed by atoms with E-state index in [1.807, 2.05) is 0 Å². The summed E-state index contributed by atoms with van der Waals surface area (Å²) in [5.41, 5.74) is 24.4. The Bertz CT molecular complexity index is 965. The Morgan fingerprint density at radius 1 is 0.552 bits per heavy atom. The minimum Gasteiger partial charge on any atom is -0.399 e. The minimum absolute atomic E-state index is 0.172. The third-order valence-corrected chi connectivity index (χ3v) is 3.80. The summed E-state index contributed by atoms with van der Waals surface area (Å²) in [6.07, 6.45) is 0. The first-order valence-electron chi connectivity index (χ1n) is 8.48. The van der Waals surface area contributed by atoms with Gasteiger partial charge in [-0.1, -0.05) is 0 Å². The summed E-state index contributed by atoms with van der Waals surface area (Å²) in [6, 6.07) is 19.6. The third-order valence-electron chi connectivity index (χ3n) is 3.80. The van der Waals surface area contributed by atoms with Gasteiger partial charge in [0.1, 0.15) is 0 Å².